The van der Waals surface area contributed by atoms with Gasteiger partial charge in [-0.3, -0.25) is 0 Å². The van der Waals surface area contributed by atoms with Crippen LogP contribution in [0.3, 0.4) is 0 Å². The van der Waals surface area contributed by atoms with Crippen LogP contribution >= 0.6 is 7.92 Å². The van der Waals surface area contributed by atoms with Crippen molar-refractivity contribution in [2.45, 2.75) is 87.6 Å². The standard InChI is InChI=1S/C16H27P/c1-2-6-14-10-9-13(5-1)17(14)16-11-8-12-4-3-7-15(12)16/h12-16H,1-11H2. The molecule has 5 unspecified atom stereocenters. The van der Waals surface area contributed by atoms with Crippen LogP contribution in [0, 0.1) is 11.8 Å². The molecule has 4 rings (SSSR count). The number of hydrogen-bond donors (Lipinski definition) is 0. The summed E-state index contributed by atoms with van der Waals surface area (Å²) in [6, 6.07) is 0. The summed E-state index contributed by atoms with van der Waals surface area (Å²) in [4.78, 5) is 0. The third kappa shape index (κ3) is 1.81. The topological polar surface area (TPSA) is 0 Å². The monoisotopic (exact) mass is 250 g/mol. The molecule has 4 fully saturated rings. The van der Waals surface area contributed by atoms with E-state index in [0.29, 0.717) is 7.92 Å². The minimum atomic E-state index is 0.457. The van der Waals surface area contributed by atoms with Gasteiger partial charge in [0.05, 0.1) is 0 Å². The highest BCUT2D eigenvalue weighted by Gasteiger charge is 2.48. The third-order valence-corrected chi connectivity index (χ3v) is 10.6. The number of fused-ring (bicyclic) bond motifs is 3. The fourth-order valence-electron chi connectivity index (χ4n) is 5.77. The van der Waals surface area contributed by atoms with Gasteiger partial charge in [0.1, 0.15) is 0 Å². The molecule has 2 saturated heterocycles. The number of rotatable bonds is 1. The van der Waals surface area contributed by atoms with Crippen LogP contribution in [-0.4, -0.2) is 17.0 Å². The molecule has 0 radical (unpaired) electrons. The molecule has 2 bridgehead atoms. The predicted octanol–water partition coefficient (Wildman–Crippen LogP) is 5.15. The Kier molecular flexibility index (Phi) is 2.99. The van der Waals surface area contributed by atoms with Crippen molar-refractivity contribution in [2.24, 2.45) is 11.8 Å². The lowest BCUT2D eigenvalue weighted by molar-refractivity contribution is 0.459. The molecule has 17 heavy (non-hydrogen) atoms. The average molecular weight is 250 g/mol. The van der Waals surface area contributed by atoms with E-state index in [1.165, 1.54) is 28.8 Å². The average Bonchev–Trinajstić information content (AvgIpc) is 2.92. The van der Waals surface area contributed by atoms with Crippen LogP contribution < -0.4 is 0 Å². The largest absolute Gasteiger partial charge is 0.0969 e. The Balaban J connectivity index is 1.57. The Hall–Kier alpha value is 0.430. The van der Waals surface area contributed by atoms with Crippen LogP contribution in [-0.2, 0) is 0 Å². The highest BCUT2D eigenvalue weighted by molar-refractivity contribution is 7.60. The van der Waals surface area contributed by atoms with E-state index in [1.54, 1.807) is 70.6 Å². The maximum Gasteiger partial charge on any atom is -0.0173 e. The van der Waals surface area contributed by atoms with Gasteiger partial charge in [-0.1, -0.05) is 33.6 Å². The maximum atomic E-state index is 1.65. The number of hydrogen-bond acceptors (Lipinski definition) is 0. The smallest absolute Gasteiger partial charge is 0.0173 e. The van der Waals surface area contributed by atoms with Gasteiger partial charge in [0.15, 0.2) is 0 Å². The summed E-state index contributed by atoms with van der Waals surface area (Å²) in [6.45, 7) is 0. The minimum absolute atomic E-state index is 0.457. The summed E-state index contributed by atoms with van der Waals surface area (Å²) < 4.78 is 0. The van der Waals surface area contributed by atoms with Crippen LogP contribution in [0.2, 0.25) is 0 Å². The van der Waals surface area contributed by atoms with Crippen molar-refractivity contribution in [2.75, 3.05) is 0 Å². The second-order valence-electron chi connectivity index (χ2n) is 7.12. The second-order valence-corrected chi connectivity index (χ2v) is 10.1. The Bertz CT molecular complexity index is 273. The first kappa shape index (κ1) is 11.3. The molecular weight excluding hydrogens is 223 g/mol. The predicted molar refractivity (Wildman–Crippen MR) is 76.1 cm³/mol. The van der Waals surface area contributed by atoms with Gasteiger partial charge in [-0.2, -0.15) is 0 Å². The Morgan fingerprint density at radius 2 is 1.35 bits per heavy atom. The lowest BCUT2D eigenvalue weighted by Gasteiger charge is -2.33. The summed E-state index contributed by atoms with van der Waals surface area (Å²) in [5.41, 5.74) is 3.69. The van der Waals surface area contributed by atoms with E-state index in [0.717, 1.165) is 0 Å². The first-order valence-electron chi connectivity index (χ1n) is 8.21. The molecule has 0 aromatic carbocycles. The van der Waals surface area contributed by atoms with E-state index in [2.05, 4.69) is 0 Å². The van der Waals surface area contributed by atoms with E-state index in [1.807, 2.05) is 0 Å². The molecule has 4 aliphatic rings. The Morgan fingerprint density at radius 3 is 2.12 bits per heavy atom. The molecule has 2 saturated carbocycles. The zero-order valence-corrected chi connectivity index (χ0v) is 12.0. The SMILES string of the molecule is C1CC2CCC(P3C4CCCCC3CC4)C2C1. The zero-order valence-electron chi connectivity index (χ0n) is 11.1. The van der Waals surface area contributed by atoms with Crippen molar-refractivity contribution in [1.82, 2.24) is 0 Å². The molecule has 0 spiro atoms. The van der Waals surface area contributed by atoms with Crippen LogP contribution in [0.1, 0.15) is 70.6 Å². The van der Waals surface area contributed by atoms with Gasteiger partial charge in [-0.15, -0.1) is 0 Å². The highest BCUT2D eigenvalue weighted by Crippen LogP contribution is 2.69. The highest BCUT2D eigenvalue weighted by atomic mass is 31.1. The van der Waals surface area contributed by atoms with Crippen LogP contribution in [0.25, 0.3) is 0 Å². The van der Waals surface area contributed by atoms with Gasteiger partial charge in [0, 0.05) is 0 Å². The van der Waals surface area contributed by atoms with E-state index in [4.69, 9.17) is 0 Å². The third-order valence-electron chi connectivity index (χ3n) is 6.43. The Morgan fingerprint density at radius 1 is 0.588 bits per heavy atom. The van der Waals surface area contributed by atoms with E-state index < -0.39 is 0 Å². The molecule has 0 aromatic heterocycles. The summed E-state index contributed by atoms with van der Waals surface area (Å²) in [7, 11) is 0.457. The van der Waals surface area contributed by atoms with Crippen molar-refractivity contribution in [1.29, 1.82) is 0 Å². The lowest BCUT2D eigenvalue weighted by atomic mass is 10.0. The van der Waals surface area contributed by atoms with Crippen molar-refractivity contribution >= 4 is 7.92 Å². The molecule has 2 aliphatic heterocycles. The minimum Gasteiger partial charge on any atom is -0.0969 e. The quantitative estimate of drug-likeness (QED) is 0.564. The molecule has 5 atom stereocenters. The lowest BCUT2D eigenvalue weighted by Crippen LogP contribution is -2.20. The summed E-state index contributed by atoms with van der Waals surface area (Å²) >= 11 is 0. The molecule has 1 heteroatoms. The van der Waals surface area contributed by atoms with E-state index in [9.17, 15) is 0 Å². The second kappa shape index (κ2) is 4.52. The Labute approximate surface area is 108 Å². The molecule has 0 amide bonds. The molecule has 0 aromatic rings. The first-order valence-corrected chi connectivity index (χ1v) is 9.76. The van der Waals surface area contributed by atoms with Gasteiger partial charge < -0.3 is 0 Å². The van der Waals surface area contributed by atoms with Crippen molar-refractivity contribution < 1.29 is 0 Å². The fraction of sp³-hybridized carbons (Fsp3) is 1.00. The van der Waals surface area contributed by atoms with Crippen LogP contribution in [0.15, 0.2) is 0 Å². The van der Waals surface area contributed by atoms with Gasteiger partial charge in [-0.05, 0) is 73.8 Å². The van der Waals surface area contributed by atoms with Crippen LogP contribution in [0.4, 0.5) is 0 Å². The zero-order chi connectivity index (χ0) is 11.2. The van der Waals surface area contributed by atoms with Crippen molar-refractivity contribution in [3.05, 3.63) is 0 Å². The molecule has 0 N–H and O–H groups in total. The van der Waals surface area contributed by atoms with Crippen molar-refractivity contribution in [3.63, 3.8) is 0 Å². The molecular formula is C16H27P. The van der Waals surface area contributed by atoms with Gasteiger partial charge >= 0.3 is 0 Å². The maximum absolute atomic E-state index is 1.65. The van der Waals surface area contributed by atoms with Gasteiger partial charge in [0.2, 0.25) is 0 Å². The molecule has 2 aliphatic carbocycles. The molecule has 96 valence electrons. The van der Waals surface area contributed by atoms with E-state index >= 15 is 0 Å². The molecule has 2 heterocycles. The van der Waals surface area contributed by atoms with Crippen molar-refractivity contribution in [3.8, 4) is 0 Å². The normalized spacial score (nSPS) is 53.6. The molecule has 0 nitrogen and oxygen atoms in total. The fourth-order valence-corrected chi connectivity index (χ4v) is 10.6. The summed E-state index contributed by atoms with van der Waals surface area (Å²) in [5.74, 6) is 2.40. The van der Waals surface area contributed by atoms with Crippen LogP contribution in [0.5, 0.6) is 0 Å². The summed E-state index contributed by atoms with van der Waals surface area (Å²) in [6.07, 6.45) is 17.7. The summed E-state index contributed by atoms with van der Waals surface area (Å²) in [5, 5.41) is 0. The van der Waals surface area contributed by atoms with Gasteiger partial charge in [-0.25, -0.2) is 0 Å². The van der Waals surface area contributed by atoms with Gasteiger partial charge in [0.25, 0.3) is 0 Å². The van der Waals surface area contributed by atoms with E-state index in [-0.39, 0.29) is 0 Å². The first-order chi connectivity index (χ1) is 8.43.